The fourth-order valence-corrected chi connectivity index (χ4v) is 6.61. The van der Waals surface area contributed by atoms with E-state index in [0.29, 0.717) is 22.6 Å². The summed E-state index contributed by atoms with van der Waals surface area (Å²) in [6.07, 6.45) is 2.85. The molecule has 0 saturated carbocycles. The van der Waals surface area contributed by atoms with Crippen molar-refractivity contribution in [3.63, 3.8) is 0 Å². The Kier molecular flexibility index (Phi) is 7.61. The zero-order valence-electron chi connectivity index (χ0n) is 26.5. The summed E-state index contributed by atoms with van der Waals surface area (Å²) in [6, 6.07) is 5.90. The van der Waals surface area contributed by atoms with Crippen molar-refractivity contribution in [3.8, 4) is 22.7 Å². The molecule has 0 aliphatic carbocycles. The van der Waals surface area contributed by atoms with Crippen molar-refractivity contribution < 1.29 is 23.1 Å². The predicted molar refractivity (Wildman–Crippen MR) is 172 cm³/mol. The van der Waals surface area contributed by atoms with Crippen LogP contribution in [0.5, 0.6) is 5.75 Å². The second-order valence-electron chi connectivity index (χ2n) is 12.0. The van der Waals surface area contributed by atoms with Crippen LogP contribution in [-0.4, -0.2) is 70.6 Å². The molecule has 6 rings (SSSR count). The standard InChI is InChI=1S/C34H34F2N6O4/c1-8-25(43)40-16-23-33(44)39(6)31-30(41(23)15-19(40)5)20-14-22(36)28(26-21(35)10-9-11-24(26)46-7)38-32(20)42(34(31)45)29-18(4)12-13-37-27(29)17(2)3/h8-14,17,19,23H,1,15-16H2,2-7H3/t19-,23-/m1/s1. The summed E-state index contributed by atoms with van der Waals surface area (Å²) in [5.74, 6) is -2.37. The van der Waals surface area contributed by atoms with Gasteiger partial charge in [0.05, 0.1) is 36.3 Å². The number of carbonyl (C=O) groups excluding carboxylic acids is 2. The van der Waals surface area contributed by atoms with Crippen molar-refractivity contribution in [2.24, 2.45) is 0 Å². The number of halogens is 2. The third-order valence-corrected chi connectivity index (χ3v) is 8.84. The third-order valence-electron chi connectivity index (χ3n) is 8.84. The van der Waals surface area contributed by atoms with Crippen LogP contribution in [0, 0.1) is 18.6 Å². The summed E-state index contributed by atoms with van der Waals surface area (Å²) in [5.41, 5.74) is 1.04. The van der Waals surface area contributed by atoms with Crippen molar-refractivity contribution in [1.29, 1.82) is 0 Å². The van der Waals surface area contributed by atoms with E-state index in [1.54, 1.807) is 22.1 Å². The molecule has 10 nitrogen and oxygen atoms in total. The lowest BCUT2D eigenvalue weighted by molar-refractivity contribution is -0.130. The van der Waals surface area contributed by atoms with E-state index >= 15 is 8.78 Å². The van der Waals surface area contributed by atoms with E-state index in [9.17, 15) is 14.4 Å². The van der Waals surface area contributed by atoms with Gasteiger partial charge in [-0.15, -0.1) is 0 Å². The first-order valence-corrected chi connectivity index (χ1v) is 15.0. The predicted octanol–water partition coefficient (Wildman–Crippen LogP) is 4.73. The van der Waals surface area contributed by atoms with Crippen LogP contribution in [0.2, 0.25) is 0 Å². The number of amides is 2. The SMILES string of the molecule is C=CC(=O)N1C[C@@H]2C(=O)N(C)c3c(c4cc(F)c(-c5c(F)cccc5OC)nc4n(-c4c(C)ccnc4C(C)C)c3=O)N2C[C@H]1C. The minimum atomic E-state index is -0.850. The number of pyridine rings is 3. The molecule has 46 heavy (non-hydrogen) atoms. The van der Waals surface area contributed by atoms with Gasteiger partial charge in [-0.05, 0) is 55.7 Å². The van der Waals surface area contributed by atoms with E-state index in [1.165, 1.54) is 54.0 Å². The Bertz CT molecular complexity index is 2010. The van der Waals surface area contributed by atoms with E-state index in [1.807, 2.05) is 27.7 Å². The molecule has 2 amide bonds. The number of hydrogen-bond donors (Lipinski definition) is 0. The van der Waals surface area contributed by atoms with Crippen molar-refractivity contribution in [2.75, 3.05) is 37.0 Å². The molecule has 0 spiro atoms. The van der Waals surface area contributed by atoms with Gasteiger partial charge in [0.15, 0.2) is 11.5 Å². The fraction of sp³-hybridized carbons (Fsp3) is 0.324. The Hall–Kier alpha value is -5.13. The maximum Gasteiger partial charge on any atom is 0.283 e. The van der Waals surface area contributed by atoms with Gasteiger partial charge in [0, 0.05) is 31.2 Å². The lowest BCUT2D eigenvalue weighted by atomic mass is 9.98. The number of anilines is 2. The van der Waals surface area contributed by atoms with Gasteiger partial charge in [-0.2, -0.15) is 0 Å². The summed E-state index contributed by atoms with van der Waals surface area (Å²) in [7, 11) is 2.85. The molecule has 2 aliphatic heterocycles. The van der Waals surface area contributed by atoms with E-state index in [-0.39, 0.29) is 64.7 Å². The van der Waals surface area contributed by atoms with Crippen LogP contribution < -0.4 is 20.1 Å². The van der Waals surface area contributed by atoms with E-state index < -0.39 is 29.1 Å². The number of rotatable bonds is 5. The molecule has 1 aromatic carbocycles. The Balaban J connectivity index is 1.76. The minimum Gasteiger partial charge on any atom is -0.496 e. The van der Waals surface area contributed by atoms with Crippen LogP contribution in [0.4, 0.5) is 20.2 Å². The number of likely N-dealkylation sites (N-methyl/N-ethyl adjacent to an activating group) is 1. The average molecular weight is 629 g/mol. The average Bonchev–Trinajstić information content (AvgIpc) is 3.02. The third kappa shape index (κ3) is 4.53. The fourth-order valence-electron chi connectivity index (χ4n) is 6.61. The van der Waals surface area contributed by atoms with Crippen LogP contribution in [0.3, 0.4) is 0 Å². The Labute approximate surface area is 264 Å². The van der Waals surface area contributed by atoms with Crippen molar-refractivity contribution >= 4 is 34.2 Å². The molecule has 1 fully saturated rings. The van der Waals surface area contributed by atoms with Crippen molar-refractivity contribution in [2.45, 2.75) is 45.7 Å². The second kappa shape index (κ2) is 11.3. The summed E-state index contributed by atoms with van der Waals surface area (Å²) < 4.78 is 38.4. The summed E-state index contributed by atoms with van der Waals surface area (Å²) in [5, 5.41) is 0.240. The number of nitrogens with zero attached hydrogens (tertiary/aromatic N) is 6. The largest absolute Gasteiger partial charge is 0.496 e. The number of benzene rings is 1. The smallest absolute Gasteiger partial charge is 0.283 e. The molecule has 3 aromatic heterocycles. The lowest BCUT2D eigenvalue weighted by Crippen LogP contribution is -2.66. The molecule has 0 bridgehead atoms. The van der Waals surface area contributed by atoms with Crippen molar-refractivity contribution in [1.82, 2.24) is 19.4 Å². The molecule has 2 aliphatic rings. The quantitative estimate of drug-likeness (QED) is 0.295. The van der Waals surface area contributed by atoms with Gasteiger partial charge in [-0.3, -0.25) is 23.9 Å². The van der Waals surface area contributed by atoms with E-state index in [2.05, 4.69) is 11.6 Å². The number of carbonyl (C=O) groups is 2. The van der Waals surface area contributed by atoms with Gasteiger partial charge < -0.3 is 19.4 Å². The highest BCUT2D eigenvalue weighted by Crippen LogP contribution is 2.44. The van der Waals surface area contributed by atoms with Crippen LogP contribution in [0.15, 0.2) is 54.0 Å². The molecule has 12 heteroatoms. The van der Waals surface area contributed by atoms with Crippen LogP contribution in [0.1, 0.15) is 37.9 Å². The number of piperazine rings is 1. The monoisotopic (exact) mass is 628 g/mol. The van der Waals surface area contributed by atoms with E-state index in [0.717, 1.165) is 0 Å². The molecule has 0 N–H and O–H groups in total. The molecule has 2 atom stereocenters. The van der Waals surface area contributed by atoms with Gasteiger partial charge in [-0.25, -0.2) is 13.8 Å². The maximum atomic E-state index is 16.3. The zero-order chi connectivity index (χ0) is 33.2. The van der Waals surface area contributed by atoms with E-state index in [4.69, 9.17) is 9.72 Å². The Morgan fingerprint density at radius 2 is 1.85 bits per heavy atom. The first-order chi connectivity index (χ1) is 21.9. The molecule has 1 saturated heterocycles. The second-order valence-corrected chi connectivity index (χ2v) is 12.0. The lowest BCUT2D eigenvalue weighted by Gasteiger charge is -2.49. The molecule has 238 valence electrons. The first kappa shape index (κ1) is 30.9. The van der Waals surface area contributed by atoms with Gasteiger partial charge in [0.2, 0.25) is 5.91 Å². The number of aromatic nitrogens is 3. The Morgan fingerprint density at radius 3 is 2.52 bits per heavy atom. The number of ether oxygens (including phenoxy) is 1. The maximum absolute atomic E-state index is 16.3. The zero-order valence-corrected chi connectivity index (χ0v) is 26.5. The number of methoxy groups -OCH3 is 1. The van der Waals surface area contributed by atoms with Crippen LogP contribution in [0.25, 0.3) is 28.0 Å². The first-order valence-electron chi connectivity index (χ1n) is 15.0. The molecular weight excluding hydrogens is 594 g/mol. The summed E-state index contributed by atoms with van der Waals surface area (Å²) >= 11 is 0. The topological polar surface area (TPSA) is 101 Å². The molecule has 0 unspecified atom stereocenters. The Morgan fingerprint density at radius 1 is 1.11 bits per heavy atom. The molecule has 0 radical (unpaired) electrons. The number of aryl methyl sites for hydroxylation is 1. The van der Waals surface area contributed by atoms with Gasteiger partial charge in [-0.1, -0.05) is 26.5 Å². The van der Waals surface area contributed by atoms with Gasteiger partial charge in [0.25, 0.3) is 11.5 Å². The van der Waals surface area contributed by atoms with Crippen LogP contribution in [-0.2, 0) is 9.59 Å². The van der Waals surface area contributed by atoms with Gasteiger partial charge in [0.1, 0.15) is 29.0 Å². The highest BCUT2D eigenvalue weighted by Gasteiger charge is 2.46. The van der Waals surface area contributed by atoms with Crippen LogP contribution >= 0.6 is 0 Å². The highest BCUT2D eigenvalue weighted by atomic mass is 19.1. The number of hydrogen-bond acceptors (Lipinski definition) is 7. The molecule has 5 heterocycles. The summed E-state index contributed by atoms with van der Waals surface area (Å²) in [4.78, 5) is 55.2. The molecule has 4 aromatic rings. The normalized spacial score (nSPS) is 17.8. The summed E-state index contributed by atoms with van der Waals surface area (Å²) in [6.45, 7) is 11.3. The minimum absolute atomic E-state index is 0.0405. The highest BCUT2D eigenvalue weighted by molar-refractivity contribution is 6.12. The van der Waals surface area contributed by atoms with Gasteiger partial charge >= 0.3 is 0 Å². The molecular formula is C34H34F2N6O4. The number of fused-ring (bicyclic) bond motifs is 5. The van der Waals surface area contributed by atoms with Crippen molar-refractivity contribution in [3.05, 3.63) is 82.4 Å².